The Balaban J connectivity index is 0.00000320. The van der Waals surface area contributed by atoms with Gasteiger partial charge >= 0.3 is 16.3 Å². The number of carbonyl (C=O) groups is 2. The Kier molecular flexibility index (Phi) is 9.59. The molecule has 3 aromatic rings. The normalized spacial score (nSPS) is 10.4. The van der Waals surface area contributed by atoms with Gasteiger partial charge in [-0.2, -0.15) is 0 Å². The Morgan fingerprint density at radius 3 is 2.60 bits per heavy atom. The van der Waals surface area contributed by atoms with Gasteiger partial charge in [0.25, 0.3) is 4.21 Å². The molecule has 4 nitrogen and oxygen atoms in total. The first-order valence-corrected chi connectivity index (χ1v) is 12.2. The van der Waals surface area contributed by atoms with Crippen LogP contribution in [0.25, 0.3) is 10.4 Å². The lowest BCUT2D eigenvalue weighted by molar-refractivity contribution is -0.139. The molecule has 0 atom stereocenters. The summed E-state index contributed by atoms with van der Waals surface area (Å²) < 4.78 is 6.11. The molecular weight excluding hydrogens is 551 g/mol. The van der Waals surface area contributed by atoms with Gasteiger partial charge in [-0.3, -0.25) is 4.79 Å². The van der Waals surface area contributed by atoms with Gasteiger partial charge in [0, 0.05) is 11.6 Å². The summed E-state index contributed by atoms with van der Waals surface area (Å²) in [6.07, 6.45) is 0. The van der Waals surface area contributed by atoms with Crippen LogP contribution in [-0.2, 0) is 4.79 Å². The largest absolute Gasteiger partial charge is 1.00 e. The molecular formula is C20H15BrCl2O4S3. The molecule has 3 rings (SSSR count). The van der Waals surface area contributed by atoms with Crippen LogP contribution in [0.5, 0.6) is 5.75 Å². The molecule has 0 aliphatic rings. The minimum absolute atomic E-state index is 0. The van der Waals surface area contributed by atoms with Crippen molar-refractivity contribution in [2.45, 2.75) is 11.1 Å². The van der Waals surface area contributed by atoms with E-state index in [1.54, 1.807) is 20.7 Å². The summed E-state index contributed by atoms with van der Waals surface area (Å²) in [4.78, 5) is 24.4. The molecule has 0 fully saturated rings. The third-order valence-electron chi connectivity index (χ3n) is 3.92. The maximum absolute atomic E-state index is 12.6. The van der Waals surface area contributed by atoms with E-state index in [1.165, 1.54) is 39.9 Å². The Morgan fingerprint density at radius 1 is 1.17 bits per heavy atom. The van der Waals surface area contributed by atoms with Crippen molar-refractivity contribution in [2.75, 3.05) is 12.4 Å². The SMILES string of the molecule is Cc1ccccc1-c1cc(SCC(=O)c2ccc(OCC(=O)O)c(Cl)c2Cl)[s+]s1.[Br-]. The number of carboxylic acid groups (broad SMARTS) is 1. The van der Waals surface area contributed by atoms with Crippen molar-refractivity contribution in [3.8, 4) is 16.2 Å². The molecule has 0 radical (unpaired) electrons. The fraction of sp³-hybridized carbons (Fsp3) is 0.150. The molecule has 0 aliphatic heterocycles. The summed E-state index contributed by atoms with van der Waals surface area (Å²) in [6.45, 7) is 1.54. The number of aliphatic carboxylic acids is 1. The van der Waals surface area contributed by atoms with Crippen LogP contribution >= 0.6 is 55.6 Å². The van der Waals surface area contributed by atoms with E-state index in [0.29, 0.717) is 0 Å². The first-order chi connectivity index (χ1) is 13.9. The number of ketones is 1. The number of hydrogen-bond acceptors (Lipinski definition) is 5. The number of thioether (sulfide) groups is 1. The Hall–Kier alpha value is -1.16. The second kappa shape index (κ2) is 11.5. The lowest BCUT2D eigenvalue weighted by Crippen LogP contribution is -3.00. The van der Waals surface area contributed by atoms with E-state index >= 15 is 0 Å². The van der Waals surface area contributed by atoms with Gasteiger partial charge in [-0.15, -0.1) is 0 Å². The van der Waals surface area contributed by atoms with Crippen LogP contribution < -0.4 is 21.7 Å². The number of benzene rings is 2. The lowest BCUT2D eigenvalue weighted by Gasteiger charge is -2.09. The molecule has 158 valence electrons. The number of aryl methyl sites for hydroxylation is 1. The zero-order valence-corrected chi connectivity index (χ0v) is 21.0. The summed E-state index contributed by atoms with van der Waals surface area (Å²) >= 11 is 13.8. The second-order valence-electron chi connectivity index (χ2n) is 5.94. The Bertz CT molecular complexity index is 1070. The first-order valence-electron chi connectivity index (χ1n) is 8.34. The van der Waals surface area contributed by atoms with Gasteiger partial charge in [0.05, 0.1) is 15.7 Å². The van der Waals surface area contributed by atoms with E-state index < -0.39 is 12.6 Å². The van der Waals surface area contributed by atoms with Gasteiger partial charge in [-0.25, -0.2) is 4.79 Å². The van der Waals surface area contributed by atoms with Crippen LogP contribution in [0.2, 0.25) is 10.0 Å². The van der Waals surface area contributed by atoms with Crippen LogP contribution in [0.1, 0.15) is 15.9 Å². The molecule has 10 heteroatoms. The highest BCUT2D eigenvalue weighted by Crippen LogP contribution is 2.39. The predicted octanol–water partition coefficient (Wildman–Crippen LogP) is 3.82. The minimum atomic E-state index is -1.13. The van der Waals surface area contributed by atoms with E-state index in [0.717, 1.165) is 4.21 Å². The number of Topliss-reactive ketones (excluding diaryl/α,β-unsaturated/α-hetero) is 1. The number of hydrogen-bond donors (Lipinski definition) is 1. The van der Waals surface area contributed by atoms with E-state index in [9.17, 15) is 9.59 Å². The van der Waals surface area contributed by atoms with E-state index in [2.05, 4.69) is 25.1 Å². The smallest absolute Gasteiger partial charge is 0.341 e. The summed E-state index contributed by atoms with van der Waals surface area (Å²) in [5, 5.41) is 8.79. The maximum Gasteiger partial charge on any atom is 0.341 e. The number of carbonyl (C=O) groups excluding carboxylic acids is 1. The fourth-order valence-corrected chi connectivity index (χ4v) is 6.76. The Labute approximate surface area is 206 Å². The van der Waals surface area contributed by atoms with Gasteiger partial charge in [0.1, 0.15) is 10.8 Å². The predicted molar refractivity (Wildman–Crippen MR) is 121 cm³/mol. The lowest BCUT2D eigenvalue weighted by atomic mass is 10.1. The van der Waals surface area contributed by atoms with Crippen LogP contribution in [0.4, 0.5) is 0 Å². The van der Waals surface area contributed by atoms with Crippen LogP contribution in [0.3, 0.4) is 0 Å². The topological polar surface area (TPSA) is 63.6 Å². The summed E-state index contributed by atoms with van der Waals surface area (Å²) in [6, 6.07) is 13.2. The third-order valence-corrected chi connectivity index (χ3v) is 8.72. The highest BCUT2D eigenvalue weighted by Gasteiger charge is 2.21. The molecule has 0 aliphatic carbocycles. The summed E-state index contributed by atoms with van der Waals surface area (Å²) in [5.41, 5.74) is 2.69. The summed E-state index contributed by atoms with van der Waals surface area (Å²) in [7, 11) is 3.30. The summed E-state index contributed by atoms with van der Waals surface area (Å²) in [5.74, 6) is -0.948. The average Bonchev–Trinajstić information content (AvgIpc) is 3.16. The fourth-order valence-electron chi connectivity index (χ4n) is 2.49. The van der Waals surface area contributed by atoms with Crippen molar-refractivity contribution >= 4 is 67.4 Å². The molecule has 1 heterocycles. The minimum Gasteiger partial charge on any atom is -1.00 e. The number of rotatable bonds is 8. The van der Waals surface area contributed by atoms with E-state index in [1.807, 2.05) is 12.1 Å². The van der Waals surface area contributed by atoms with Crippen LogP contribution in [0, 0.1) is 6.92 Å². The number of carboxylic acids is 1. The molecule has 0 bridgehead atoms. The maximum atomic E-state index is 12.6. The van der Waals surface area contributed by atoms with Crippen molar-refractivity contribution in [3.05, 3.63) is 63.6 Å². The van der Waals surface area contributed by atoms with Crippen molar-refractivity contribution in [1.29, 1.82) is 0 Å². The Morgan fingerprint density at radius 2 is 1.90 bits per heavy atom. The van der Waals surface area contributed by atoms with Crippen molar-refractivity contribution in [2.24, 2.45) is 0 Å². The first kappa shape index (κ1) is 25.1. The quantitative estimate of drug-likeness (QED) is 0.195. The third kappa shape index (κ3) is 6.18. The van der Waals surface area contributed by atoms with Gasteiger partial charge in [0.15, 0.2) is 22.7 Å². The highest BCUT2D eigenvalue weighted by molar-refractivity contribution is 8.03. The molecule has 1 aromatic heterocycles. The van der Waals surface area contributed by atoms with E-state index in [4.69, 9.17) is 33.0 Å². The van der Waals surface area contributed by atoms with Crippen LogP contribution in [-0.4, -0.2) is 29.2 Å². The van der Waals surface area contributed by atoms with Gasteiger partial charge in [-0.05, 0) is 30.2 Å². The van der Waals surface area contributed by atoms with Crippen molar-refractivity contribution < 1.29 is 36.4 Å². The molecule has 30 heavy (non-hydrogen) atoms. The van der Waals surface area contributed by atoms with Crippen molar-refractivity contribution in [1.82, 2.24) is 0 Å². The van der Waals surface area contributed by atoms with Gasteiger partial charge in [-0.1, -0.05) is 59.2 Å². The average molecular weight is 566 g/mol. The number of ether oxygens (including phenoxy) is 1. The molecule has 1 N–H and O–H groups in total. The van der Waals surface area contributed by atoms with Gasteiger partial charge < -0.3 is 26.8 Å². The zero-order valence-electron chi connectivity index (χ0n) is 15.5. The van der Waals surface area contributed by atoms with Gasteiger partial charge in [0.2, 0.25) is 0 Å². The molecule has 0 saturated heterocycles. The monoisotopic (exact) mass is 564 g/mol. The van der Waals surface area contributed by atoms with Crippen LogP contribution in [0.15, 0.2) is 46.7 Å². The molecule has 0 unspecified atom stereocenters. The standard InChI is InChI=1S/C20H14Cl2O4S3.BrH/c1-11-4-2-3-5-12(11)16-8-18(29-28-16)27-10-14(23)13-6-7-15(20(22)19(13)21)26-9-17(24)25;/h2-8H,9-10H2,1H3;1H. The molecule has 0 saturated carbocycles. The molecule has 2 aromatic carbocycles. The zero-order chi connectivity index (χ0) is 21.0. The van der Waals surface area contributed by atoms with E-state index in [-0.39, 0.29) is 49.9 Å². The van der Waals surface area contributed by atoms with Crippen molar-refractivity contribution in [3.63, 3.8) is 0 Å². The molecule has 0 spiro atoms. The highest BCUT2D eigenvalue weighted by atomic mass is 79.9. The number of halogens is 3. The molecule has 0 amide bonds. The second-order valence-corrected chi connectivity index (χ2v) is 10.2.